The van der Waals surface area contributed by atoms with Gasteiger partial charge in [-0.05, 0) is 140 Å². The highest BCUT2D eigenvalue weighted by Crippen LogP contribution is 2.75. The average Bonchev–Trinajstić information content (AvgIpc) is 3.70. The predicted molar refractivity (Wildman–Crippen MR) is 204 cm³/mol. The van der Waals surface area contributed by atoms with Crippen molar-refractivity contribution in [3.05, 3.63) is 59.2 Å². The molecule has 10 atom stereocenters. The quantitative estimate of drug-likeness (QED) is 0.276. The SMILES string of the molecule is CC1C(C2=CCC(C(=O)OCc3ccccc3)CC2)=CCC2(C)C1CCC1(C)C2CC[C@@H]2[C@H]3CCCC3(NCCN3CCN(C)C3=O)CC[C@]21C. The first-order valence-electron chi connectivity index (χ1n) is 20.8. The Kier molecular flexibility index (Phi) is 9.28. The molecule has 1 saturated heterocycles. The lowest BCUT2D eigenvalue weighted by atomic mass is 9.34. The van der Waals surface area contributed by atoms with Crippen LogP contribution in [0.15, 0.2) is 53.6 Å². The smallest absolute Gasteiger partial charge is 0.319 e. The summed E-state index contributed by atoms with van der Waals surface area (Å²) >= 11 is 0. The van der Waals surface area contributed by atoms with Gasteiger partial charge >= 0.3 is 12.0 Å². The minimum atomic E-state index is -0.0389. The van der Waals surface area contributed by atoms with Crippen molar-refractivity contribution in [2.24, 2.45) is 51.8 Å². The van der Waals surface area contributed by atoms with Crippen molar-refractivity contribution in [3.8, 4) is 0 Å². The van der Waals surface area contributed by atoms with Gasteiger partial charge in [-0.1, -0.05) is 76.6 Å². The maximum Gasteiger partial charge on any atom is 0.319 e. The van der Waals surface area contributed by atoms with E-state index in [1.54, 1.807) is 5.57 Å². The van der Waals surface area contributed by atoms with Crippen LogP contribution in [-0.4, -0.2) is 60.6 Å². The Morgan fingerprint density at radius 2 is 1.73 bits per heavy atom. The number of fused-ring (bicyclic) bond motifs is 7. The Bertz CT molecular complexity index is 1550. The standard InChI is InChI=1S/C45H65N3O3/c1-31-35(33-13-15-34(16-14-33)40(49)51-30-32-10-7-6-8-11-32)19-22-42(2)36(31)20-23-44(4)39(42)18-17-37-38-12-9-21-45(38,25-24-43(37,44)3)46-26-27-48-29-28-47(5)41(48)50/h6-8,10-11,13,19,31,34,36-39,46H,9,12,14-18,20-30H2,1-5H3/t31?,34?,36?,37-,38-,39?,42?,43-,44?,45?/m1/s1. The maximum absolute atomic E-state index is 13.0. The second-order valence-corrected chi connectivity index (χ2v) is 18.9. The van der Waals surface area contributed by atoms with Crippen LogP contribution in [0.5, 0.6) is 0 Å². The van der Waals surface area contributed by atoms with E-state index in [-0.39, 0.29) is 23.5 Å². The van der Waals surface area contributed by atoms with Crippen molar-refractivity contribution in [2.75, 3.05) is 33.2 Å². The Hall–Kier alpha value is -2.60. The molecule has 1 aromatic carbocycles. The molecule has 1 aliphatic heterocycles. The van der Waals surface area contributed by atoms with Crippen molar-refractivity contribution in [1.29, 1.82) is 0 Å². The summed E-state index contributed by atoms with van der Waals surface area (Å²) in [6.45, 7) is 14.6. The summed E-state index contributed by atoms with van der Waals surface area (Å²) < 4.78 is 5.73. The van der Waals surface area contributed by atoms with Gasteiger partial charge in [0, 0.05) is 38.8 Å². The van der Waals surface area contributed by atoms with Gasteiger partial charge in [0.05, 0.1) is 5.92 Å². The summed E-state index contributed by atoms with van der Waals surface area (Å²) in [4.78, 5) is 29.4. The van der Waals surface area contributed by atoms with Crippen LogP contribution >= 0.6 is 0 Å². The molecule has 0 aromatic heterocycles. The molecule has 0 radical (unpaired) electrons. The fraction of sp³-hybridized carbons (Fsp3) is 0.733. The third-order valence-corrected chi connectivity index (χ3v) is 17.1. The van der Waals surface area contributed by atoms with E-state index in [4.69, 9.17) is 4.74 Å². The lowest BCUT2D eigenvalue weighted by Crippen LogP contribution is -2.67. The summed E-state index contributed by atoms with van der Waals surface area (Å²) in [6, 6.07) is 10.2. The highest BCUT2D eigenvalue weighted by molar-refractivity contribution is 5.76. The first-order chi connectivity index (χ1) is 24.5. The number of carbonyl (C=O) groups excluding carboxylic acids is 2. The van der Waals surface area contributed by atoms with Crippen LogP contribution in [0.2, 0.25) is 0 Å². The molecule has 7 aliphatic rings. The van der Waals surface area contributed by atoms with Crippen LogP contribution in [0, 0.1) is 51.8 Å². The minimum absolute atomic E-state index is 0.0193. The highest BCUT2D eigenvalue weighted by Gasteiger charge is 2.68. The Labute approximate surface area is 308 Å². The normalized spacial score (nSPS) is 41.9. The number of nitrogens with one attached hydrogen (secondary N) is 1. The molecule has 0 spiro atoms. The molecule has 6 heteroatoms. The average molecular weight is 696 g/mol. The Balaban J connectivity index is 0.937. The van der Waals surface area contributed by atoms with E-state index in [0.29, 0.717) is 28.8 Å². The zero-order valence-corrected chi connectivity index (χ0v) is 32.4. The molecule has 2 amide bonds. The molecule has 1 heterocycles. The number of urea groups is 1. The van der Waals surface area contributed by atoms with Crippen molar-refractivity contribution < 1.29 is 14.3 Å². The molecule has 5 fully saturated rings. The zero-order valence-electron chi connectivity index (χ0n) is 32.4. The van der Waals surface area contributed by atoms with E-state index < -0.39 is 0 Å². The first-order valence-corrected chi connectivity index (χ1v) is 20.8. The van der Waals surface area contributed by atoms with Gasteiger partial charge in [0.15, 0.2) is 0 Å². The number of hydrogen-bond acceptors (Lipinski definition) is 4. The van der Waals surface area contributed by atoms with E-state index >= 15 is 0 Å². The van der Waals surface area contributed by atoms with Gasteiger partial charge in [0.25, 0.3) is 0 Å². The summed E-state index contributed by atoms with van der Waals surface area (Å²) in [5.74, 6) is 3.59. The molecule has 51 heavy (non-hydrogen) atoms. The second-order valence-electron chi connectivity index (χ2n) is 18.9. The van der Waals surface area contributed by atoms with Crippen LogP contribution in [0.25, 0.3) is 0 Å². The number of amides is 2. The van der Waals surface area contributed by atoms with Crippen molar-refractivity contribution in [1.82, 2.24) is 15.1 Å². The van der Waals surface area contributed by atoms with Gasteiger partial charge in [-0.25, -0.2) is 4.79 Å². The van der Waals surface area contributed by atoms with Gasteiger partial charge in [0.1, 0.15) is 6.61 Å². The third kappa shape index (κ3) is 5.75. The van der Waals surface area contributed by atoms with E-state index in [9.17, 15) is 9.59 Å². The summed E-state index contributed by atoms with van der Waals surface area (Å²) in [5.41, 5.74) is 5.55. The largest absolute Gasteiger partial charge is 0.461 e. The van der Waals surface area contributed by atoms with Crippen LogP contribution < -0.4 is 5.32 Å². The number of carbonyl (C=O) groups is 2. The molecular formula is C45H65N3O3. The van der Waals surface area contributed by atoms with Crippen LogP contribution in [0.4, 0.5) is 4.79 Å². The monoisotopic (exact) mass is 696 g/mol. The number of nitrogens with zero attached hydrogens (tertiary/aromatic N) is 2. The minimum Gasteiger partial charge on any atom is -0.461 e. The fourth-order valence-electron chi connectivity index (χ4n) is 14.0. The number of esters is 1. The molecule has 4 saturated carbocycles. The van der Waals surface area contributed by atoms with E-state index in [1.165, 1.54) is 69.8 Å². The van der Waals surface area contributed by atoms with Crippen molar-refractivity contribution in [2.45, 2.75) is 123 Å². The number of benzene rings is 1. The number of likely N-dealkylation sites (N-methyl/N-ethyl adjacent to an activating group) is 1. The maximum atomic E-state index is 13.0. The first kappa shape index (κ1) is 35.4. The van der Waals surface area contributed by atoms with Gasteiger partial charge in [-0.3, -0.25) is 4.79 Å². The van der Waals surface area contributed by atoms with Gasteiger partial charge < -0.3 is 19.9 Å². The molecule has 1 aromatic rings. The van der Waals surface area contributed by atoms with E-state index in [1.807, 2.05) is 47.2 Å². The number of allylic oxidation sites excluding steroid dienone is 4. The number of rotatable bonds is 8. The molecule has 6 nitrogen and oxygen atoms in total. The summed E-state index contributed by atoms with van der Waals surface area (Å²) in [7, 11) is 1.93. The van der Waals surface area contributed by atoms with E-state index in [0.717, 1.165) is 74.7 Å². The molecular weight excluding hydrogens is 631 g/mol. The third-order valence-electron chi connectivity index (χ3n) is 17.1. The van der Waals surface area contributed by atoms with Crippen molar-refractivity contribution in [3.63, 3.8) is 0 Å². The van der Waals surface area contributed by atoms with Crippen molar-refractivity contribution >= 4 is 12.0 Å². The molecule has 6 aliphatic carbocycles. The van der Waals surface area contributed by atoms with Crippen LogP contribution in [-0.2, 0) is 16.1 Å². The Morgan fingerprint density at radius 3 is 2.47 bits per heavy atom. The second kappa shape index (κ2) is 13.4. The topological polar surface area (TPSA) is 61.9 Å². The Morgan fingerprint density at radius 1 is 0.902 bits per heavy atom. The van der Waals surface area contributed by atoms with Crippen LogP contribution in [0.3, 0.4) is 0 Å². The van der Waals surface area contributed by atoms with Gasteiger partial charge in [0.2, 0.25) is 0 Å². The van der Waals surface area contributed by atoms with E-state index in [2.05, 4.69) is 45.2 Å². The van der Waals surface area contributed by atoms with Crippen LogP contribution in [0.1, 0.15) is 117 Å². The highest BCUT2D eigenvalue weighted by atomic mass is 16.5. The number of hydrogen-bond donors (Lipinski definition) is 1. The zero-order chi connectivity index (χ0) is 35.6. The van der Waals surface area contributed by atoms with Gasteiger partial charge in [-0.15, -0.1) is 0 Å². The molecule has 1 N–H and O–H groups in total. The molecule has 278 valence electrons. The molecule has 8 rings (SSSR count). The van der Waals surface area contributed by atoms with Gasteiger partial charge in [-0.2, -0.15) is 0 Å². The lowest BCUT2D eigenvalue weighted by Gasteiger charge is -2.71. The predicted octanol–water partition coefficient (Wildman–Crippen LogP) is 9.17. The lowest BCUT2D eigenvalue weighted by molar-refractivity contribution is -0.212. The molecule has 0 bridgehead atoms. The fourth-order valence-corrected chi connectivity index (χ4v) is 14.0. The molecule has 7 unspecified atom stereocenters. The number of ether oxygens (including phenoxy) is 1. The summed E-state index contributed by atoms with van der Waals surface area (Å²) in [5, 5.41) is 4.16. The summed E-state index contributed by atoms with van der Waals surface area (Å²) in [6.07, 6.45) is 21.1.